The number of benzene rings is 1. The Bertz CT molecular complexity index is 487. The highest BCUT2D eigenvalue weighted by Crippen LogP contribution is 2.29. The molecule has 0 radical (unpaired) electrons. The topological polar surface area (TPSA) is 49.6 Å². The zero-order valence-electron chi connectivity index (χ0n) is 11.9. The first-order valence-corrected chi connectivity index (χ1v) is 7.59. The van der Waals surface area contributed by atoms with Crippen LogP contribution >= 0.6 is 15.9 Å². The van der Waals surface area contributed by atoms with E-state index in [9.17, 15) is 10.1 Å². The minimum absolute atomic E-state index is 0.194. The first-order valence-electron chi connectivity index (χ1n) is 6.79. The molecule has 1 fully saturated rings. The standard InChI is InChI=1S/C14H20BrN3O2/c1-16-8-6-11(7-9-16)17(2)10-12-13(15)4-3-5-14(12)18(19)20/h3-5,11H,6-10H2,1-2H3. The van der Waals surface area contributed by atoms with Gasteiger partial charge in [0.05, 0.1) is 10.5 Å². The van der Waals surface area contributed by atoms with Gasteiger partial charge in [0.15, 0.2) is 0 Å². The van der Waals surface area contributed by atoms with E-state index < -0.39 is 0 Å². The van der Waals surface area contributed by atoms with Crippen LogP contribution in [0.25, 0.3) is 0 Å². The van der Waals surface area contributed by atoms with Crippen LogP contribution in [0.2, 0.25) is 0 Å². The number of hydrogen-bond acceptors (Lipinski definition) is 4. The Labute approximate surface area is 127 Å². The van der Waals surface area contributed by atoms with E-state index in [-0.39, 0.29) is 10.6 Å². The van der Waals surface area contributed by atoms with E-state index in [4.69, 9.17) is 0 Å². The van der Waals surface area contributed by atoms with Gasteiger partial charge in [-0.1, -0.05) is 22.0 Å². The Morgan fingerprint density at radius 1 is 1.45 bits per heavy atom. The van der Waals surface area contributed by atoms with Crippen LogP contribution < -0.4 is 0 Å². The van der Waals surface area contributed by atoms with E-state index in [0.717, 1.165) is 36.0 Å². The molecule has 0 amide bonds. The zero-order chi connectivity index (χ0) is 14.7. The van der Waals surface area contributed by atoms with Crippen LogP contribution in [0.1, 0.15) is 18.4 Å². The van der Waals surface area contributed by atoms with Crippen LogP contribution in [0, 0.1) is 10.1 Å². The first kappa shape index (κ1) is 15.4. The summed E-state index contributed by atoms with van der Waals surface area (Å²) in [5, 5.41) is 11.1. The summed E-state index contributed by atoms with van der Waals surface area (Å²) >= 11 is 3.44. The van der Waals surface area contributed by atoms with Gasteiger partial charge in [0, 0.05) is 23.1 Å². The number of nitrogens with zero attached hydrogens (tertiary/aromatic N) is 3. The number of likely N-dealkylation sites (tertiary alicyclic amines) is 1. The van der Waals surface area contributed by atoms with Crippen molar-refractivity contribution in [2.45, 2.75) is 25.4 Å². The van der Waals surface area contributed by atoms with Crippen LogP contribution in [0.3, 0.4) is 0 Å². The minimum atomic E-state index is -0.303. The van der Waals surface area contributed by atoms with Crippen LogP contribution in [0.5, 0.6) is 0 Å². The van der Waals surface area contributed by atoms with Crippen molar-refractivity contribution in [3.05, 3.63) is 38.3 Å². The molecule has 6 heteroatoms. The lowest BCUT2D eigenvalue weighted by Gasteiger charge is -2.35. The van der Waals surface area contributed by atoms with E-state index in [1.54, 1.807) is 12.1 Å². The summed E-state index contributed by atoms with van der Waals surface area (Å²) in [4.78, 5) is 15.4. The third kappa shape index (κ3) is 3.56. The average Bonchev–Trinajstić information content (AvgIpc) is 2.41. The number of rotatable bonds is 4. The highest BCUT2D eigenvalue weighted by Gasteiger charge is 2.24. The molecule has 0 bridgehead atoms. The molecule has 20 heavy (non-hydrogen) atoms. The molecular weight excluding hydrogens is 322 g/mol. The Kier molecular flexibility index (Phi) is 5.12. The van der Waals surface area contributed by atoms with Crippen LogP contribution in [0.15, 0.2) is 22.7 Å². The highest BCUT2D eigenvalue weighted by atomic mass is 79.9. The molecule has 0 saturated carbocycles. The number of nitro groups is 1. The predicted molar refractivity (Wildman–Crippen MR) is 82.8 cm³/mol. The third-order valence-corrected chi connectivity index (χ3v) is 4.75. The fourth-order valence-electron chi connectivity index (χ4n) is 2.69. The van der Waals surface area contributed by atoms with Crippen molar-refractivity contribution in [2.24, 2.45) is 0 Å². The van der Waals surface area contributed by atoms with Gasteiger partial charge in [-0.3, -0.25) is 15.0 Å². The van der Waals surface area contributed by atoms with Crippen LogP contribution in [0.4, 0.5) is 5.69 Å². The van der Waals surface area contributed by atoms with E-state index in [1.165, 1.54) is 0 Å². The van der Waals surface area contributed by atoms with Gasteiger partial charge >= 0.3 is 0 Å². The van der Waals surface area contributed by atoms with Crippen molar-refractivity contribution in [3.63, 3.8) is 0 Å². The summed E-state index contributed by atoms with van der Waals surface area (Å²) in [7, 11) is 4.19. The molecule has 0 spiro atoms. The van der Waals surface area contributed by atoms with Gasteiger partial charge in [-0.25, -0.2) is 0 Å². The summed E-state index contributed by atoms with van der Waals surface area (Å²) in [5.74, 6) is 0. The Morgan fingerprint density at radius 3 is 2.70 bits per heavy atom. The number of hydrogen-bond donors (Lipinski definition) is 0. The fraction of sp³-hybridized carbons (Fsp3) is 0.571. The van der Waals surface area contributed by atoms with E-state index in [1.807, 2.05) is 6.07 Å². The second-order valence-electron chi connectivity index (χ2n) is 5.44. The van der Waals surface area contributed by atoms with Gasteiger partial charge in [0.1, 0.15) is 0 Å². The molecular formula is C14H20BrN3O2. The van der Waals surface area contributed by atoms with Gasteiger partial charge in [-0.05, 0) is 46.1 Å². The molecule has 1 aromatic carbocycles. The molecule has 110 valence electrons. The summed E-state index contributed by atoms with van der Waals surface area (Å²) in [6.45, 7) is 2.78. The smallest absolute Gasteiger partial charge is 0.275 e. The van der Waals surface area contributed by atoms with Gasteiger partial charge in [0.25, 0.3) is 5.69 Å². The van der Waals surface area contributed by atoms with Gasteiger partial charge in [-0.15, -0.1) is 0 Å². The molecule has 5 nitrogen and oxygen atoms in total. The molecule has 1 aromatic rings. The molecule has 1 heterocycles. The molecule has 1 aliphatic heterocycles. The molecule has 0 atom stereocenters. The second-order valence-corrected chi connectivity index (χ2v) is 6.30. The monoisotopic (exact) mass is 341 g/mol. The van der Waals surface area contributed by atoms with Gasteiger partial charge < -0.3 is 4.90 Å². The molecule has 0 aliphatic carbocycles. The third-order valence-electron chi connectivity index (χ3n) is 4.01. The SMILES string of the molecule is CN1CCC(N(C)Cc2c(Br)cccc2[N+](=O)[O-])CC1. The van der Waals surface area contributed by atoms with Crippen molar-refractivity contribution in [1.29, 1.82) is 0 Å². The lowest BCUT2D eigenvalue weighted by molar-refractivity contribution is -0.385. The maximum atomic E-state index is 11.1. The maximum absolute atomic E-state index is 11.1. The minimum Gasteiger partial charge on any atom is -0.306 e. The Hall–Kier alpha value is -0.980. The van der Waals surface area contributed by atoms with E-state index in [2.05, 4.69) is 39.8 Å². The lowest BCUT2D eigenvalue weighted by atomic mass is 10.0. The maximum Gasteiger partial charge on any atom is 0.275 e. The highest BCUT2D eigenvalue weighted by molar-refractivity contribution is 9.10. The predicted octanol–water partition coefficient (Wildman–Crippen LogP) is 2.88. The summed E-state index contributed by atoms with van der Waals surface area (Å²) in [5.41, 5.74) is 0.957. The molecule has 1 saturated heterocycles. The normalized spacial score (nSPS) is 17.6. The van der Waals surface area contributed by atoms with Gasteiger partial charge in [0.2, 0.25) is 0 Å². The number of piperidine rings is 1. The summed E-state index contributed by atoms with van der Waals surface area (Å²) in [6, 6.07) is 5.65. The van der Waals surface area contributed by atoms with E-state index in [0.29, 0.717) is 12.6 Å². The number of halogens is 1. The van der Waals surface area contributed by atoms with Crippen molar-refractivity contribution < 1.29 is 4.92 Å². The van der Waals surface area contributed by atoms with Crippen molar-refractivity contribution in [1.82, 2.24) is 9.80 Å². The number of nitro benzene ring substituents is 1. The van der Waals surface area contributed by atoms with Gasteiger partial charge in [-0.2, -0.15) is 0 Å². The lowest BCUT2D eigenvalue weighted by Crippen LogP contribution is -2.41. The van der Waals surface area contributed by atoms with Crippen LogP contribution in [-0.2, 0) is 6.54 Å². The molecule has 1 aliphatic rings. The largest absolute Gasteiger partial charge is 0.306 e. The summed E-state index contributed by atoms with van der Waals surface area (Å²) in [6.07, 6.45) is 2.23. The van der Waals surface area contributed by atoms with Crippen molar-refractivity contribution >= 4 is 21.6 Å². The molecule has 0 N–H and O–H groups in total. The van der Waals surface area contributed by atoms with Crippen molar-refractivity contribution in [3.8, 4) is 0 Å². The van der Waals surface area contributed by atoms with E-state index >= 15 is 0 Å². The van der Waals surface area contributed by atoms with Crippen molar-refractivity contribution in [2.75, 3.05) is 27.2 Å². The quantitative estimate of drug-likeness (QED) is 0.624. The molecule has 2 rings (SSSR count). The Balaban J connectivity index is 2.11. The van der Waals surface area contributed by atoms with Crippen LogP contribution in [-0.4, -0.2) is 47.9 Å². The first-order chi connectivity index (χ1) is 9.49. The average molecular weight is 342 g/mol. The molecule has 0 aromatic heterocycles. The second kappa shape index (κ2) is 6.65. The molecule has 0 unspecified atom stereocenters. The summed E-state index contributed by atoms with van der Waals surface area (Å²) < 4.78 is 0.812. The zero-order valence-corrected chi connectivity index (χ0v) is 13.5. The fourth-order valence-corrected chi connectivity index (χ4v) is 3.17. The Morgan fingerprint density at radius 2 is 2.10 bits per heavy atom.